The minimum absolute atomic E-state index is 0.0809. The molecule has 4 rings (SSSR count). The molecule has 1 atom stereocenters. The molecule has 0 aromatic heterocycles. The Morgan fingerprint density at radius 1 is 1.00 bits per heavy atom. The van der Waals surface area contributed by atoms with Gasteiger partial charge in [0.2, 0.25) is 5.91 Å². The van der Waals surface area contributed by atoms with E-state index in [0.717, 1.165) is 35.1 Å². The molecule has 8 heteroatoms. The summed E-state index contributed by atoms with van der Waals surface area (Å²) in [5, 5.41) is 23.8. The quantitative estimate of drug-likeness (QED) is 0.488. The number of rotatable bonds is 8. The van der Waals surface area contributed by atoms with Crippen molar-refractivity contribution >= 4 is 18.0 Å². The summed E-state index contributed by atoms with van der Waals surface area (Å²) >= 11 is 0. The van der Waals surface area contributed by atoms with Gasteiger partial charge < -0.3 is 25.6 Å². The first-order valence-corrected chi connectivity index (χ1v) is 11.2. The Bertz CT molecular complexity index is 1000. The van der Waals surface area contributed by atoms with Gasteiger partial charge >= 0.3 is 12.1 Å². The zero-order valence-corrected chi connectivity index (χ0v) is 18.3. The molecule has 1 fully saturated rings. The van der Waals surface area contributed by atoms with Crippen molar-refractivity contribution in [3.63, 3.8) is 0 Å². The lowest BCUT2D eigenvalue weighted by molar-refractivity contribution is -0.139. The predicted octanol–water partition coefficient (Wildman–Crippen LogP) is 2.79. The van der Waals surface area contributed by atoms with Gasteiger partial charge in [-0.2, -0.15) is 0 Å². The molecule has 2 aromatic carbocycles. The molecule has 33 heavy (non-hydrogen) atoms. The second kappa shape index (κ2) is 9.62. The van der Waals surface area contributed by atoms with Gasteiger partial charge in [0.25, 0.3) is 0 Å². The summed E-state index contributed by atoms with van der Waals surface area (Å²) in [6.45, 7) is -0.0475. The number of hydrogen-bond acceptors (Lipinski definition) is 5. The molecule has 2 aliphatic carbocycles. The van der Waals surface area contributed by atoms with Gasteiger partial charge in [-0.05, 0) is 35.1 Å². The number of ether oxygens (including phenoxy) is 1. The largest absolute Gasteiger partial charge is 0.481 e. The van der Waals surface area contributed by atoms with Crippen molar-refractivity contribution in [1.82, 2.24) is 10.6 Å². The molecule has 4 N–H and O–H groups in total. The normalized spacial score (nSPS) is 17.0. The van der Waals surface area contributed by atoms with Crippen molar-refractivity contribution in [2.75, 3.05) is 13.2 Å². The summed E-state index contributed by atoms with van der Waals surface area (Å²) in [5.74, 6) is -1.66. The second-order valence-corrected chi connectivity index (χ2v) is 8.70. The van der Waals surface area contributed by atoms with E-state index in [1.165, 1.54) is 0 Å². The predicted molar refractivity (Wildman–Crippen MR) is 121 cm³/mol. The first-order chi connectivity index (χ1) is 15.9. The van der Waals surface area contributed by atoms with E-state index in [4.69, 9.17) is 9.84 Å². The minimum Gasteiger partial charge on any atom is -0.481 e. The van der Waals surface area contributed by atoms with Crippen LogP contribution in [0.4, 0.5) is 4.79 Å². The average molecular weight is 453 g/mol. The van der Waals surface area contributed by atoms with Gasteiger partial charge in [0.15, 0.2) is 0 Å². The maximum Gasteiger partial charge on any atom is 0.408 e. The Morgan fingerprint density at radius 3 is 2.15 bits per heavy atom. The molecule has 8 nitrogen and oxygen atoms in total. The van der Waals surface area contributed by atoms with Gasteiger partial charge in [0.05, 0.1) is 12.5 Å². The van der Waals surface area contributed by atoms with E-state index >= 15 is 0 Å². The van der Waals surface area contributed by atoms with Crippen molar-refractivity contribution in [3.8, 4) is 11.1 Å². The molecule has 0 spiro atoms. The standard InChI is InChI=1S/C25H28N2O6/c28-16(13-22(29)30)14-26-23(31)25(11-5-6-12-25)27-24(32)33-15-21-19-9-3-1-7-17(19)18-8-2-4-10-20(18)21/h1-4,7-10,16,21,28H,5-6,11-15H2,(H,26,31)(H,27,32)(H,29,30). The van der Waals surface area contributed by atoms with Crippen molar-refractivity contribution < 1.29 is 29.3 Å². The third-order valence-corrected chi connectivity index (χ3v) is 6.49. The number of aliphatic carboxylic acids is 1. The molecule has 1 saturated carbocycles. The Morgan fingerprint density at radius 2 is 1.58 bits per heavy atom. The Labute approximate surface area is 192 Å². The zero-order valence-electron chi connectivity index (χ0n) is 18.3. The fourth-order valence-electron chi connectivity index (χ4n) is 4.87. The number of aliphatic hydroxyl groups is 1. The van der Waals surface area contributed by atoms with Crippen molar-refractivity contribution in [2.24, 2.45) is 0 Å². The van der Waals surface area contributed by atoms with Crippen molar-refractivity contribution in [3.05, 3.63) is 59.7 Å². The third-order valence-electron chi connectivity index (χ3n) is 6.49. The molecular weight excluding hydrogens is 424 g/mol. The number of aliphatic hydroxyl groups excluding tert-OH is 1. The number of carboxylic acid groups (broad SMARTS) is 1. The highest BCUT2D eigenvalue weighted by Gasteiger charge is 2.43. The van der Waals surface area contributed by atoms with Crippen LogP contribution in [0.25, 0.3) is 11.1 Å². The second-order valence-electron chi connectivity index (χ2n) is 8.70. The van der Waals surface area contributed by atoms with Crippen molar-refractivity contribution in [2.45, 2.75) is 49.7 Å². The smallest absolute Gasteiger partial charge is 0.408 e. The number of carbonyl (C=O) groups is 3. The topological polar surface area (TPSA) is 125 Å². The van der Waals surface area contributed by atoms with Gasteiger partial charge in [-0.3, -0.25) is 9.59 Å². The highest BCUT2D eigenvalue weighted by Crippen LogP contribution is 2.44. The number of benzene rings is 2. The van der Waals surface area contributed by atoms with E-state index in [-0.39, 0.29) is 19.1 Å². The van der Waals surface area contributed by atoms with Crippen LogP contribution in [0, 0.1) is 0 Å². The summed E-state index contributed by atoms with van der Waals surface area (Å²) in [6, 6.07) is 16.1. The summed E-state index contributed by atoms with van der Waals surface area (Å²) in [4.78, 5) is 36.3. The Hall–Kier alpha value is -3.39. The molecule has 0 saturated heterocycles. The van der Waals surface area contributed by atoms with Gasteiger partial charge in [-0.15, -0.1) is 0 Å². The monoisotopic (exact) mass is 452 g/mol. The zero-order chi connectivity index (χ0) is 23.4. The van der Waals surface area contributed by atoms with E-state index in [0.29, 0.717) is 12.8 Å². The first-order valence-electron chi connectivity index (χ1n) is 11.2. The van der Waals surface area contributed by atoms with Gasteiger partial charge in [0.1, 0.15) is 12.1 Å². The van der Waals surface area contributed by atoms with Crippen LogP contribution in [0.15, 0.2) is 48.5 Å². The van der Waals surface area contributed by atoms with E-state index in [1.807, 2.05) is 36.4 Å². The van der Waals surface area contributed by atoms with Crippen LogP contribution in [0.1, 0.15) is 49.1 Å². The van der Waals surface area contributed by atoms with Gasteiger partial charge in [-0.1, -0.05) is 61.4 Å². The number of nitrogens with one attached hydrogen (secondary N) is 2. The lowest BCUT2D eigenvalue weighted by Gasteiger charge is -2.29. The average Bonchev–Trinajstić information content (AvgIpc) is 3.39. The van der Waals surface area contributed by atoms with Crippen molar-refractivity contribution in [1.29, 1.82) is 0 Å². The molecule has 2 amide bonds. The number of fused-ring (bicyclic) bond motifs is 3. The highest BCUT2D eigenvalue weighted by atomic mass is 16.5. The molecule has 174 valence electrons. The lowest BCUT2D eigenvalue weighted by Crippen LogP contribution is -2.58. The van der Waals surface area contributed by atoms with Crippen LogP contribution in [0.3, 0.4) is 0 Å². The fourth-order valence-corrected chi connectivity index (χ4v) is 4.87. The van der Waals surface area contributed by atoms with E-state index < -0.39 is 36.0 Å². The number of hydrogen-bond donors (Lipinski definition) is 4. The molecular formula is C25H28N2O6. The first kappa shape index (κ1) is 22.8. The summed E-state index contributed by atoms with van der Waals surface area (Å²) in [6.07, 6.45) is 0.131. The maximum absolute atomic E-state index is 12.8. The molecule has 1 unspecified atom stereocenters. The van der Waals surface area contributed by atoms with Gasteiger partial charge in [-0.25, -0.2) is 4.79 Å². The van der Waals surface area contributed by atoms with E-state index in [2.05, 4.69) is 22.8 Å². The van der Waals surface area contributed by atoms with Crippen LogP contribution in [-0.2, 0) is 14.3 Å². The summed E-state index contributed by atoms with van der Waals surface area (Å²) < 4.78 is 5.60. The van der Waals surface area contributed by atoms with Crippen LogP contribution < -0.4 is 10.6 Å². The summed E-state index contributed by atoms with van der Waals surface area (Å²) in [5.41, 5.74) is 3.35. The minimum atomic E-state index is -1.20. The third kappa shape index (κ3) is 4.85. The maximum atomic E-state index is 12.8. The SMILES string of the molecule is O=C(O)CC(O)CNC(=O)C1(NC(=O)OCC2c3ccccc3-c3ccccc32)CCCC1. The molecule has 0 radical (unpaired) electrons. The molecule has 0 bridgehead atoms. The number of carboxylic acids is 1. The van der Waals surface area contributed by atoms with Crippen LogP contribution >= 0.6 is 0 Å². The lowest BCUT2D eigenvalue weighted by atomic mass is 9.96. The van der Waals surface area contributed by atoms with Crippen LogP contribution in [0.2, 0.25) is 0 Å². The highest BCUT2D eigenvalue weighted by molar-refractivity contribution is 5.90. The molecule has 0 heterocycles. The van der Waals surface area contributed by atoms with Gasteiger partial charge in [0, 0.05) is 12.5 Å². The summed E-state index contributed by atoms with van der Waals surface area (Å²) in [7, 11) is 0. The number of carbonyl (C=O) groups excluding carboxylic acids is 2. The van der Waals surface area contributed by atoms with Crippen LogP contribution in [0.5, 0.6) is 0 Å². The molecule has 2 aromatic rings. The Kier molecular flexibility index (Phi) is 6.65. The number of amides is 2. The Balaban J connectivity index is 1.39. The van der Waals surface area contributed by atoms with E-state index in [1.54, 1.807) is 0 Å². The van der Waals surface area contributed by atoms with E-state index in [9.17, 15) is 19.5 Å². The number of alkyl carbamates (subject to hydrolysis) is 1. The fraction of sp³-hybridized carbons (Fsp3) is 0.400. The molecule has 2 aliphatic rings. The molecule has 0 aliphatic heterocycles. The van der Waals surface area contributed by atoms with Crippen LogP contribution in [-0.4, -0.2) is 53.0 Å².